The second-order valence-electron chi connectivity index (χ2n) is 3.18. The Morgan fingerprint density at radius 3 is 2.71 bits per heavy atom. The molecular formula is C10H18O4. The van der Waals surface area contributed by atoms with Gasteiger partial charge in [0.25, 0.3) is 0 Å². The van der Waals surface area contributed by atoms with Crippen LogP contribution in [0.4, 0.5) is 0 Å². The van der Waals surface area contributed by atoms with Crippen LogP contribution in [0.15, 0.2) is 11.6 Å². The van der Waals surface area contributed by atoms with Crippen molar-refractivity contribution in [2.45, 2.75) is 39.7 Å². The second kappa shape index (κ2) is 7.53. The number of rotatable bonds is 6. The summed E-state index contributed by atoms with van der Waals surface area (Å²) >= 11 is 0. The summed E-state index contributed by atoms with van der Waals surface area (Å²) in [6.07, 6.45) is 2.99. The van der Waals surface area contributed by atoms with Crippen molar-refractivity contribution in [3.05, 3.63) is 11.6 Å². The lowest BCUT2D eigenvalue weighted by Gasteiger charge is -2.05. The lowest BCUT2D eigenvalue weighted by Crippen LogP contribution is -2.14. The third-order valence-corrected chi connectivity index (χ3v) is 1.51. The fraction of sp³-hybridized carbons (Fsp3) is 0.700. The molecule has 0 aromatic heterocycles. The molecule has 1 unspecified atom stereocenters. The number of aliphatic hydroxyl groups excluding tert-OH is 1. The van der Waals surface area contributed by atoms with Crippen molar-refractivity contribution >= 4 is 5.97 Å². The summed E-state index contributed by atoms with van der Waals surface area (Å²) in [5.41, 5.74) is 0.525. The molecule has 82 valence electrons. The van der Waals surface area contributed by atoms with Crippen LogP contribution in [-0.4, -0.2) is 23.8 Å². The Morgan fingerprint density at radius 1 is 1.57 bits per heavy atom. The normalized spacial score (nSPS) is 13.9. The van der Waals surface area contributed by atoms with E-state index < -0.39 is 12.1 Å². The minimum atomic E-state index is -0.636. The fourth-order valence-corrected chi connectivity index (χ4v) is 0.696. The molecule has 0 rings (SSSR count). The molecule has 0 heterocycles. The van der Waals surface area contributed by atoms with E-state index in [9.17, 15) is 4.79 Å². The molecule has 0 radical (unpaired) electrons. The molecule has 0 aliphatic carbocycles. The molecule has 0 saturated carbocycles. The maximum Gasteiger partial charge on any atom is 0.368 e. The Bertz CT molecular complexity index is 196. The molecule has 0 fully saturated rings. The highest BCUT2D eigenvalue weighted by Gasteiger charge is 2.07. The van der Waals surface area contributed by atoms with E-state index in [-0.39, 0.29) is 6.61 Å². The molecule has 0 aromatic carbocycles. The number of carbonyl (C=O) groups excluding carboxylic acids is 1. The van der Waals surface area contributed by atoms with Gasteiger partial charge in [-0.2, -0.15) is 4.89 Å². The zero-order valence-electron chi connectivity index (χ0n) is 8.95. The highest BCUT2D eigenvalue weighted by atomic mass is 17.2. The fourth-order valence-electron chi connectivity index (χ4n) is 0.696. The monoisotopic (exact) mass is 202 g/mol. The van der Waals surface area contributed by atoms with Gasteiger partial charge in [-0.05, 0) is 20.3 Å². The molecule has 1 atom stereocenters. The third-order valence-electron chi connectivity index (χ3n) is 1.51. The maximum atomic E-state index is 11.1. The molecule has 4 nitrogen and oxygen atoms in total. The van der Waals surface area contributed by atoms with Gasteiger partial charge in [0.2, 0.25) is 0 Å². The van der Waals surface area contributed by atoms with Crippen molar-refractivity contribution in [3.8, 4) is 0 Å². The molecule has 0 aliphatic heterocycles. The van der Waals surface area contributed by atoms with Crippen LogP contribution in [-0.2, 0) is 14.6 Å². The average molecular weight is 202 g/mol. The van der Waals surface area contributed by atoms with E-state index in [1.807, 2.05) is 6.92 Å². The summed E-state index contributed by atoms with van der Waals surface area (Å²) in [6, 6.07) is 0. The first-order valence-corrected chi connectivity index (χ1v) is 4.76. The summed E-state index contributed by atoms with van der Waals surface area (Å²) in [5.74, 6) is -0.501. The molecule has 0 aromatic rings. The zero-order valence-corrected chi connectivity index (χ0v) is 8.95. The van der Waals surface area contributed by atoms with Crippen LogP contribution in [0.25, 0.3) is 0 Å². The Kier molecular flexibility index (Phi) is 7.06. The van der Waals surface area contributed by atoms with Crippen molar-refractivity contribution in [2.24, 2.45) is 0 Å². The molecule has 4 heteroatoms. The van der Waals surface area contributed by atoms with Gasteiger partial charge in [0.15, 0.2) is 0 Å². The molecule has 0 spiro atoms. The van der Waals surface area contributed by atoms with Crippen molar-refractivity contribution in [2.75, 3.05) is 6.61 Å². The maximum absolute atomic E-state index is 11.1. The van der Waals surface area contributed by atoms with Gasteiger partial charge < -0.3 is 5.11 Å². The largest absolute Gasteiger partial charge is 0.391 e. The van der Waals surface area contributed by atoms with E-state index in [2.05, 4.69) is 9.78 Å². The lowest BCUT2D eigenvalue weighted by molar-refractivity contribution is -0.276. The van der Waals surface area contributed by atoms with E-state index >= 15 is 0 Å². The highest BCUT2D eigenvalue weighted by molar-refractivity contribution is 5.87. The molecule has 0 saturated heterocycles. The summed E-state index contributed by atoms with van der Waals surface area (Å²) in [4.78, 5) is 20.1. The Labute approximate surface area is 84.4 Å². The Balaban J connectivity index is 3.73. The van der Waals surface area contributed by atoms with Gasteiger partial charge in [0.05, 0.1) is 6.10 Å². The predicted molar refractivity (Wildman–Crippen MR) is 52.4 cm³/mol. The van der Waals surface area contributed by atoms with Crippen LogP contribution in [0, 0.1) is 0 Å². The van der Waals surface area contributed by atoms with Crippen molar-refractivity contribution in [3.63, 3.8) is 0 Å². The van der Waals surface area contributed by atoms with E-state index in [1.165, 1.54) is 0 Å². The van der Waals surface area contributed by atoms with Gasteiger partial charge >= 0.3 is 5.97 Å². The summed E-state index contributed by atoms with van der Waals surface area (Å²) in [5, 5.41) is 8.81. The Morgan fingerprint density at radius 2 is 2.21 bits per heavy atom. The summed E-state index contributed by atoms with van der Waals surface area (Å²) in [7, 11) is 0. The van der Waals surface area contributed by atoms with Crippen molar-refractivity contribution in [1.82, 2.24) is 0 Å². The molecule has 1 N–H and O–H groups in total. The van der Waals surface area contributed by atoms with Crippen LogP contribution in [0.2, 0.25) is 0 Å². The van der Waals surface area contributed by atoms with Crippen LogP contribution in [0.1, 0.15) is 33.6 Å². The number of allylic oxidation sites excluding steroid dienone is 1. The standard InChI is InChI=1S/C10H18O4/c1-4-5-6-8(2)10(12)14-13-7-9(3)11/h6,9,11H,4-5,7H2,1-3H3. The SMILES string of the molecule is CCCC=C(C)C(=O)OOCC(C)O. The molecule has 0 bridgehead atoms. The second-order valence-corrected chi connectivity index (χ2v) is 3.18. The van der Waals surface area contributed by atoms with Crippen molar-refractivity contribution in [1.29, 1.82) is 0 Å². The summed E-state index contributed by atoms with van der Waals surface area (Å²) < 4.78 is 0. The molecule has 0 aliphatic rings. The van der Waals surface area contributed by atoms with Crippen LogP contribution in [0.5, 0.6) is 0 Å². The number of hydrogen-bond donors (Lipinski definition) is 1. The van der Waals surface area contributed by atoms with Gasteiger partial charge in [-0.3, -0.25) is 4.89 Å². The van der Waals surface area contributed by atoms with Crippen LogP contribution >= 0.6 is 0 Å². The van der Waals surface area contributed by atoms with Gasteiger partial charge in [-0.15, -0.1) is 0 Å². The lowest BCUT2D eigenvalue weighted by atomic mass is 10.2. The van der Waals surface area contributed by atoms with Gasteiger partial charge in [-0.1, -0.05) is 19.4 Å². The quantitative estimate of drug-likeness (QED) is 0.403. The number of carbonyl (C=O) groups is 1. The molecule has 0 amide bonds. The Hall–Kier alpha value is -0.870. The van der Waals surface area contributed by atoms with Crippen LogP contribution in [0.3, 0.4) is 0 Å². The number of aliphatic hydroxyl groups is 1. The van der Waals surface area contributed by atoms with Crippen LogP contribution < -0.4 is 0 Å². The highest BCUT2D eigenvalue weighted by Crippen LogP contribution is 2.01. The predicted octanol–water partition coefficient (Wildman–Crippen LogP) is 1.59. The minimum absolute atomic E-state index is 0.00715. The average Bonchev–Trinajstić information content (AvgIpc) is 2.13. The van der Waals surface area contributed by atoms with E-state index in [1.54, 1.807) is 19.9 Å². The van der Waals surface area contributed by atoms with E-state index in [0.29, 0.717) is 5.57 Å². The molecule has 14 heavy (non-hydrogen) atoms. The first-order valence-electron chi connectivity index (χ1n) is 4.76. The van der Waals surface area contributed by atoms with Crippen molar-refractivity contribution < 1.29 is 19.7 Å². The van der Waals surface area contributed by atoms with Gasteiger partial charge in [-0.25, -0.2) is 4.79 Å². The topological polar surface area (TPSA) is 55.8 Å². The third kappa shape index (κ3) is 6.62. The van der Waals surface area contributed by atoms with E-state index in [4.69, 9.17) is 5.11 Å². The van der Waals surface area contributed by atoms with Gasteiger partial charge in [0.1, 0.15) is 6.61 Å². The first-order chi connectivity index (χ1) is 6.57. The summed E-state index contributed by atoms with van der Waals surface area (Å²) in [6.45, 7) is 5.24. The smallest absolute Gasteiger partial charge is 0.368 e. The molecular weight excluding hydrogens is 184 g/mol. The first kappa shape index (κ1) is 13.1. The number of hydrogen-bond acceptors (Lipinski definition) is 4. The zero-order chi connectivity index (χ0) is 11.0. The van der Waals surface area contributed by atoms with Gasteiger partial charge in [0, 0.05) is 5.57 Å². The minimum Gasteiger partial charge on any atom is -0.391 e. The van der Waals surface area contributed by atoms with E-state index in [0.717, 1.165) is 12.8 Å². The number of unbranched alkanes of at least 4 members (excludes halogenated alkanes) is 1.